The predicted octanol–water partition coefficient (Wildman–Crippen LogP) is 11.2. The molecule has 0 spiro atoms. The lowest BCUT2D eigenvalue weighted by Gasteiger charge is -2.12. The van der Waals surface area contributed by atoms with Gasteiger partial charge < -0.3 is 0 Å². The second kappa shape index (κ2) is 28.6. The van der Waals surface area contributed by atoms with Gasteiger partial charge in [-0.15, -0.1) is 0 Å². The Morgan fingerprint density at radius 2 is 0.919 bits per heavy atom. The molecule has 1 unspecified atom stereocenters. The molecule has 4 nitrogen and oxygen atoms in total. The van der Waals surface area contributed by atoms with E-state index >= 15 is 0 Å². The van der Waals surface area contributed by atoms with Crippen molar-refractivity contribution in [3.05, 3.63) is 12.2 Å². The van der Waals surface area contributed by atoms with Gasteiger partial charge in [0.1, 0.15) is 0 Å². The van der Waals surface area contributed by atoms with Crippen molar-refractivity contribution < 1.29 is 17.2 Å². The minimum absolute atomic E-state index is 0.0474. The van der Waals surface area contributed by atoms with Crippen molar-refractivity contribution >= 4 is 10.4 Å². The van der Waals surface area contributed by atoms with Gasteiger partial charge in [-0.3, -0.25) is 4.55 Å². The molecule has 0 aromatic heterocycles. The van der Waals surface area contributed by atoms with Crippen molar-refractivity contribution in [2.24, 2.45) is 5.92 Å². The lowest BCUT2D eigenvalue weighted by molar-refractivity contribution is 0.234. The summed E-state index contributed by atoms with van der Waals surface area (Å²) >= 11 is 0. The highest BCUT2D eigenvalue weighted by atomic mass is 32.3. The van der Waals surface area contributed by atoms with Crippen molar-refractivity contribution in [3.8, 4) is 0 Å². The zero-order valence-electron chi connectivity index (χ0n) is 24.9. The van der Waals surface area contributed by atoms with E-state index in [1.54, 1.807) is 0 Å². The van der Waals surface area contributed by atoms with Gasteiger partial charge in [-0.2, -0.15) is 8.42 Å². The van der Waals surface area contributed by atoms with Crippen LogP contribution in [0.1, 0.15) is 181 Å². The number of hydrogen-bond acceptors (Lipinski definition) is 3. The van der Waals surface area contributed by atoms with E-state index in [0.717, 1.165) is 19.3 Å². The second-order valence-electron chi connectivity index (χ2n) is 11.3. The molecule has 0 fully saturated rings. The number of rotatable bonds is 30. The molecule has 0 aromatic rings. The molecule has 0 aliphatic carbocycles. The third-order valence-electron chi connectivity index (χ3n) is 7.49. The summed E-state index contributed by atoms with van der Waals surface area (Å²) in [6.07, 6.45) is 38.3. The van der Waals surface area contributed by atoms with Gasteiger partial charge in [-0.25, -0.2) is 4.18 Å². The molecular weight excluding hydrogens is 480 g/mol. The molecule has 5 heteroatoms. The first-order chi connectivity index (χ1) is 18.0. The largest absolute Gasteiger partial charge is 0.397 e. The fourth-order valence-electron chi connectivity index (χ4n) is 5.05. The van der Waals surface area contributed by atoms with E-state index in [2.05, 4.69) is 26.0 Å². The van der Waals surface area contributed by atoms with Gasteiger partial charge in [0, 0.05) is 5.92 Å². The summed E-state index contributed by atoms with van der Waals surface area (Å²) in [5.41, 5.74) is 0. The van der Waals surface area contributed by atoms with E-state index in [9.17, 15) is 8.42 Å². The maximum Gasteiger partial charge on any atom is 0.397 e. The maximum absolute atomic E-state index is 11.0. The first-order valence-corrected chi connectivity index (χ1v) is 17.6. The molecular formula is C32H64O4S. The van der Waals surface area contributed by atoms with Gasteiger partial charge in [0.05, 0.1) is 6.61 Å². The standard InChI is InChI=1S/C32H64O4S/c1-3-5-7-9-11-13-15-17-18-20-22-24-26-28-30-32(31-36-37(33,34)35)29-27-25-23-21-19-16-14-12-10-8-6-4-2/h27,29,32H,3-26,28,30-31H2,1-2H3,(H,33,34,35)/b29-27+. The van der Waals surface area contributed by atoms with Gasteiger partial charge in [0.2, 0.25) is 0 Å². The third kappa shape index (κ3) is 31.7. The normalized spacial score (nSPS) is 13.1. The smallest absolute Gasteiger partial charge is 0.264 e. The average molecular weight is 545 g/mol. The molecule has 0 aliphatic heterocycles. The van der Waals surface area contributed by atoms with Gasteiger partial charge in [-0.1, -0.05) is 174 Å². The zero-order chi connectivity index (χ0) is 27.3. The molecule has 0 saturated heterocycles. The van der Waals surface area contributed by atoms with E-state index in [4.69, 9.17) is 8.74 Å². The highest BCUT2D eigenvalue weighted by Crippen LogP contribution is 2.17. The van der Waals surface area contributed by atoms with Gasteiger partial charge >= 0.3 is 10.4 Å². The van der Waals surface area contributed by atoms with Crippen LogP contribution in [-0.4, -0.2) is 19.6 Å². The number of allylic oxidation sites excluding steroid dienone is 1. The van der Waals surface area contributed by atoms with Crippen molar-refractivity contribution in [1.29, 1.82) is 0 Å². The van der Waals surface area contributed by atoms with Crippen LogP contribution in [0.2, 0.25) is 0 Å². The summed E-state index contributed by atoms with van der Waals surface area (Å²) < 4.78 is 35.7. The summed E-state index contributed by atoms with van der Waals surface area (Å²) in [6.45, 7) is 4.58. The molecule has 0 aromatic carbocycles. The van der Waals surface area contributed by atoms with Gasteiger partial charge in [-0.05, 0) is 19.3 Å². The molecule has 0 saturated carbocycles. The average Bonchev–Trinajstić information content (AvgIpc) is 2.87. The van der Waals surface area contributed by atoms with Crippen molar-refractivity contribution in [3.63, 3.8) is 0 Å². The topological polar surface area (TPSA) is 63.6 Å². The molecule has 0 aliphatic rings. The molecule has 0 heterocycles. The minimum atomic E-state index is -4.37. The Morgan fingerprint density at radius 3 is 1.30 bits per heavy atom. The van der Waals surface area contributed by atoms with E-state index in [0.29, 0.717) is 0 Å². The molecule has 0 radical (unpaired) electrons. The Kier molecular flexibility index (Phi) is 28.3. The lowest BCUT2D eigenvalue weighted by atomic mass is 9.99. The Bertz CT molecular complexity index is 573. The molecule has 37 heavy (non-hydrogen) atoms. The van der Waals surface area contributed by atoms with Crippen LogP contribution in [0, 0.1) is 5.92 Å². The van der Waals surface area contributed by atoms with Crippen molar-refractivity contribution in [2.75, 3.05) is 6.61 Å². The van der Waals surface area contributed by atoms with Crippen LogP contribution in [0.5, 0.6) is 0 Å². The summed E-state index contributed by atoms with van der Waals surface area (Å²) in [6, 6.07) is 0. The highest BCUT2D eigenvalue weighted by Gasteiger charge is 2.11. The van der Waals surface area contributed by atoms with Crippen LogP contribution in [0.3, 0.4) is 0 Å². The molecule has 222 valence electrons. The van der Waals surface area contributed by atoms with E-state index in [1.807, 2.05) is 0 Å². The van der Waals surface area contributed by atoms with Crippen LogP contribution in [0.15, 0.2) is 12.2 Å². The highest BCUT2D eigenvalue weighted by molar-refractivity contribution is 7.80. The second-order valence-corrected chi connectivity index (χ2v) is 12.3. The fourth-order valence-corrected chi connectivity index (χ4v) is 5.39. The molecule has 0 amide bonds. The molecule has 1 atom stereocenters. The minimum Gasteiger partial charge on any atom is -0.264 e. The first-order valence-electron chi connectivity index (χ1n) is 16.3. The molecule has 0 rings (SSSR count). The quantitative estimate of drug-likeness (QED) is 0.0555. The van der Waals surface area contributed by atoms with Crippen LogP contribution in [0.4, 0.5) is 0 Å². The maximum atomic E-state index is 11.0. The summed E-state index contributed by atoms with van der Waals surface area (Å²) in [5.74, 6) is 0.0578. The van der Waals surface area contributed by atoms with E-state index < -0.39 is 10.4 Å². The first kappa shape index (κ1) is 36.6. The van der Waals surface area contributed by atoms with Crippen LogP contribution in [-0.2, 0) is 14.6 Å². The zero-order valence-corrected chi connectivity index (χ0v) is 25.7. The lowest BCUT2D eigenvalue weighted by Crippen LogP contribution is -2.12. The SMILES string of the molecule is CCCCCCCCCCCC/C=C/C(CCCCCCCCCCCCCCCC)COS(=O)(=O)O. The summed E-state index contributed by atoms with van der Waals surface area (Å²) in [7, 11) is -4.37. The van der Waals surface area contributed by atoms with E-state index in [1.165, 1.54) is 148 Å². The number of unbranched alkanes of at least 4 members (excludes halogenated alkanes) is 23. The monoisotopic (exact) mass is 544 g/mol. The van der Waals surface area contributed by atoms with E-state index in [-0.39, 0.29) is 12.5 Å². The van der Waals surface area contributed by atoms with Crippen LogP contribution >= 0.6 is 0 Å². The van der Waals surface area contributed by atoms with Crippen LogP contribution < -0.4 is 0 Å². The van der Waals surface area contributed by atoms with Gasteiger partial charge in [0.25, 0.3) is 0 Å². The molecule has 0 bridgehead atoms. The Morgan fingerprint density at radius 1 is 0.568 bits per heavy atom. The molecule has 1 N–H and O–H groups in total. The van der Waals surface area contributed by atoms with Crippen molar-refractivity contribution in [2.45, 2.75) is 181 Å². The fraction of sp³-hybridized carbons (Fsp3) is 0.938. The van der Waals surface area contributed by atoms with Crippen LogP contribution in [0.25, 0.3) is 0 Å². The Hall–Kier alpha value is -0.390. The summed E-state index contributed by atoms with van der Waals surface area (Å²) in [5, 5.41) is 0. The number of hydrogen-bond donors (Lipinski definition) is 1. The summed E-state index contributed by atoms with van der Waals surface area (Å²) in [4.78, 5) is 0. The Balaban J connectivity index is 3.80. The predicted molar refractivity (Wildman–Crippen MR) is 162 cm³/mol. The third-order valence-corrected chi connectivity index (χ3v) is 7.93. The van der Waals surface area contributed by atoms with Gasteiger partial charge in [0.15, 0.2) is 0 Å². The van der Waals surface area contributed by atoms with Crippen molar-refractivity contribution in [1.82, 2.24) is 0 Å². The Labute approximate surface area is 232 Å².